The molecule has 1 aromatic carbocycles. The number of methoxy groups -OCH3 is 1. The number of fused-ring (bicyclic) bond motifs is 1. The Balaban J connectivity index is 2.82. The van der Waals surface area contributed by atoms with Crippen LogP contribution >= 0.6 is 11.6 Å². The Labute approximate surface area is 88.0 Å². The van der Waals surface area contributed by atoms with Crippen molar-refractivity contribution in [3.8, 4) is 5.75 Å². The van der Waals surface area contributed by atoms with E-state index in [1.54, 1.807) is 7.11 Å². The van der Waals surface area contributed by atoms with E-state index in [0.29, 0.717) is 5.02 Å². The number of benzene rings is 1. The van der Waals surface area contributed by atoms with Crippen LogP contribution in [0.3, 0.4) is 0 Å². The van der Waals surface area contributed by atoms with Gasteiger partial charge in [-0.15, -0.1) is 0 Å². The van der Waals surface area contributed by atoms with Crippen LogP contribution in [0.15, 0.2) is 18.3 Å². The van der Waals surface area contributed by atoms with E-state index in [0.717, 1.165) is 11.3 Å². The summed E-state index contributed by atoms with van der Waals surface area (Å²) in [5, 5.41) is 1.84. The van der Waals surface area contributed by atoms with Crippen LogP contribution in [0, 0.1) is 6.92 Å². The zero-order valence-electron chi connectivity index (χ0n) is 8.47. The van der Waals surface area contributed by atoms with Gasteiger partial charge in [-0.05, 0) is 24.6 Å². The van der Waals surface area contributed by atoms with Crippen molar-refractivity contribution in [3.05, 3.63) is 28.9 Å². The molecule has 1 aromatic heterocycles. The summed E-state index contributed by atoms with van der Waals surface area (Å²) in [4.78, 5) is 0. The molecule has 0 N–H and O–H groups in total. The van der Waals surface area contributed by atoms with Gasteiger partial charge in [0.1, 0.15) is 5.75 Å². The molecule has 0 aliphatic rings. The summed E-state index contributed by atoms with van der Waals surface area (Å²) in [5.41, 5.74) is 2.37. The molecule has 74 valence electrons. The maximum atomic E-state index is 6.05. The molecule has 2 aromatic rings. The van der Waals surface area contributed by atoms with Gasteiger partial charge in [-0.1, -0.05) is 11.6 Å². The minimum absolute atomic E-state index is 0.654. The lowest BCUT2D eigenvalue weighted by molar-refractivity contribution is 0.415. The van der Waals surface area contributed by atoms with Crippen LogP contribution < -0.4 is 4.74 Å². The predicted octanol–water partition coefficient (Wildman–Crippen LogP) is 3.15. The lowest BCUT2D eigenvalue weighted by Gasteiger charge is -2.04. The second-order valence-corrected chi connectivity index (χ2v) is 3.83. The van der Waals surface area contributed by atoms with Crippen molar-refractivity contribution in [2.45, 2.75) is 6.92 Å². The highest BCUT2D eigenvalue weighted by atomic mass is 35.5. The SMILES string of the molecule is COc1cc2c(C)cn(C)c2cc1Cl. The molecule has 0 amide bonds. The Kier molecular flexibility index (Phi) is 2.16. The molecular weight excluding hydrogens is 198 g/mol. The topological polar surface area (TPSA) is 14.2 Å². The van der Waals surface area contributed by atoms with Crippen molar-refractivity contribution in [1.82, 2.24) is 4.57 Å². The largest absolute Gasteiger partial charge is 0.495 e. The number of aromatic nitrogens is 1. The van der Waals surface area contributed by atoms with Gasteiger partial charge in [0, 0.05) is 24.1 Å². The van der Waals surface area contributed by atoms with Gasteiger partial charge in [0.2, 0.25) is 0 Å². The van der Waals surface area contributed by atoms with Crippen molar-refractivity contribution in [2.24, 2.45) is 7.05 Å². The second kappa shape index (κ2) is 3.21. The number of nitrogens with zero attached hydrogens (tertiary/aromatic N) is 1. The van der Waals surface area contributed by atoms with E-state index in [2.05, 4.69) is 17.7 Å². The van der Waals surface area contributed by atoms with Crippen LogP contribution in [0.5, 0.6) is 5.75 Å². The highest BCUT2D eigenvalue weighted by Crippen LogP contribution is 2.31. The monoisotopic (exact) mass is 209 g/mol. The third kappa shape index (κ3) is 1.26. The number of halogens is 1. The molecule has 0 atom stereocenters. The average Bonchev–Trinajstić information content (AvgIpc) is 2.41. The van der Waals surface area contributed by atoms with Crippen molar-refractivity contribution < 1.29 is 4.74 Å². The molecule has 3 heteroatoms. The fourth-order valence-corrected chi connectivity index (χ4v) is 1.97. The van der Waals surface area contributed by atoms with Crippen molar-refractivity contribution >= 4 is 22.5 Å². The lowest BCUT2D eigenvalue weighted by Crippen LogP contribution is -1.86. The molecule has 0 spiro atoms. The number of hydrogen-bond acceptors (Lipinski definition) is 1. The summed E-state index contributed by atoms with van der Waals surface area (Å²) in [6, 6.07) is 3.91. The van der Waals surface area contributed by atoms with Crippen molar-refractivity contribution in [1.29, 1.82) is 0 Å². The van der Waals surface area contributed by atoms with Gasteiger partial charge in [-0.3, -0.25) is 0 Å². The molecule has 14 heavy (non-hydrogen) atoms. The van der Waals surface area contributed by atoms with E-state index in [-0.39, 0.29) is 0 Å². The average molecular weight is 210 g/mol. The zero-order valence-corrected chi connectivity index (χ0v) is 9.22. The molecule has 2 nitrogen and oxygen atoms in total. The number of ether oxygens (including phenoxy) is 1. The maximum absolute atomic E-state index is 6.05. The van der Waals surface area contributed by atoms with Crippen LogP contribution in [0.2, 0.25) is 5.02 Å². The van der Waals surface area contributed by atoms with E-state index < -0.39 is 0 Å². The van der Waals surface area contributed by atoms with Gasteiger partial charge in [0.25, 0.3) is 0 Å². The Morgan fingerprint density at radius 2 is 2.07 bits per heavy atom. The molecule has 0 aliphatic carbocycles. The third-order valence-corrected chi connectivity index (χ3v) is 2.76. The molecule has 0 bridgehead atoms. The summed E-state index contributed by atoms with van der Waals surface area (Å²) >= 11 is 6.05. The predicted molar refractivity (Wildman–Crippen MR) is 59.2 cm³/mol. The van der Waals surface area contributed by atoms with Gasteiger partial charge >= 0.3 is 0 Å². The van der Waals surface area contributed by atoms with Crippen LogP contribution in [0.25, 0.3) is 10.9 Å². The maximum Gasteiger partial charge on any atom is 0.138 e. The Bertz CT molecular complexity index is 487. The normalized spacial score (nSPS) is 10.9. The van der Waals surface area contributed by atoms with Gasteiger partial charge < -0.3 is 9.30 Å². The quantitative estimate of drug-likeness (QED) is 0.704. The summed E-state index contributed by atoms with van der Waals surface area (Å²) in [6.07, 6.45) is 2.08. The highest BCUT2D eigenvalue weighted by Gasteiger charge is 2.08. The summed E-state index contributed by atoms with van der Waals surface area (Å²) < 4.78 is 7.24. The summed E-state index contributed by atoms with van der Waals surface area (Å²) in [6.45, 7) is 2.08. The highest BCUT2D eigenvalue weighted by molar-refractivity contribution is 6.32. The molecular formula is C11H12ClNO. The molecule has 0 unspecified atom stereocenters. The Hall–Kier alpha value is -1.15. The second-order valence-electron chi connectivity index (χ2n) is 3.43. The van der Waals surface area contributed by atoms with Crippen molar-refractivity contribution in [3.63, 3.8) is 0 Å². The first-order chi connectivity index (χ1) is 6.63. The number of aryl methyl sites for hydroxylation is 2. The van der Waals surface area contributed by atoms with Crippen LogP contribution in [-0.4, -0.2) is 11.7 Å². The summed E-state index contributed by atoms with van der Waals surface area (Å²) in [5.74, 6) is 0.730. The van der Waals surface area contributed by atoms with Crippen molar-refractivity contribution in [2.75, 3.05) is 7.11 Å². The van der Waals surface area contributed by atoms with Gasteiger partial charge in [0.05, 0.1) is 12.1 Å². The molecule has 0 radical (unpaired) electrons. The Morgan fingerprint density at radius 1 is 1.36 bits per heavy atom. The summed E-state index contributed by atoms with van der Waals surface area (Å²) in [7, 11) is 3.64. The Morgan fingerprint density at radius 3 is 2.71 bits per heavy atom. The molecule has 0 aliphatic heterocycles. The smallest absolute Gasteiger partial charge is 0.138 e. The number of rotatable bonds is 1. The van der Waals surface area contributed by atoms with E-state index >= 15 is 0 Å². The fraction of sp³-hybridized carbons (Fsp3) is 0.273. The van der Waals surface area contributed by atoms with Gasteiger partial charge in [-0.25, -0.2) is 0 Å². The zero-order chi connectivity index (χ0) is 10.3. The third-order valence-electron chi connectivity index (χ3n) is 2.46. The molecule has 2 rings (SSSR count). The van der Waals surface area contributed by atoms with E-state index in [1.165, 1.54) is 10.9 Å². The van der Waals surface area contributed by atoms with Gasteiger partial charge in [0.15, 0.2) is 0 Å². The molecule has 0 fully saturated rings. The van der Waals surface area contributed by atoms with E-state index in [4.69, 9.17) is 16.3 Å². The van der Waals surface area contributed by atoms with Crippen LogP contribution in [0.1, 0.15) is 5.56 Å². The van der Waals surface area contributed by atoms with Gasteiger partial charge in [-0.2, -0.15) is 0 Å². The minimum Gasteiger partial charge on any atom is -0.495 e. The first-order valence-corrected chi connectivity index (χ1v) is 4.80. The van der Waals surface area contributed by atoms with E-state index in [1.807, 2.05) is 19.2 Å². The number of hydrogen-bond donors (Lipinski definition) is 0. The molecule has 0 saturated carbocycles. The minimum atomic E-state index is 0.654. The van der Waals surface area contributed by atoms with Crippen LogP contribution in [-0.2, 0) is 7.05 Å². The van der Waals surface area contributed by atoms with Crippen LogP contribution in [0.4, 0.5) is 0 Å². The lowest BCUT2D eigenvalue weighted by atomic mass is 10.2. The van der Waals surface area contributed by atoms with E-state index in [9.17, 15) is 0 Å². The first-order valence-electron chi connectivity index (χ1n) is 4.42. The standard InChI is InChI=1S/C11H12ClNO/c1-7-6-13(2)10-5-9(12)11(14-3)4-8(7)10/h4-6H,1-3H3. The first kappa shape index (κ1) is 9.41. The molecule has 0 saturated heterocycles. The fourth-order valence-electron chi connectivity index (χ4n) is 1.74. The molecule has 1 heterocycles.